The van der Waals surface area contributed by atoms with E-state index in [-0.39, 0.29) is 11.7 Å². The van der Waals surface area contributed by atoms with Crippen LogP contribution in [0.4, 0.5) is 8.78 Å². The predicted octanol–water partition coefficient (Wildman–Crippen LogP) is 8.11. The van der Waals surface area contributed by atoms with Crippen LogP contribution in [0.15, 0.2) is 35.9 Å². The van der Waals surface area contributed by atoms with Gasteiger partial charge in [0.1, 0.15) is 0 Å². The molecule has 1 fully saturated rings. The van der Waals surface area contributed by atoms with Crippen LogP contribution in [-0.2, 0) is 0 Å². The van der Waals surface area contributed by atoms with Crippen molar-refractivity contribution >= 4 is 0 Å². The maximum atomic E-state index is 14.5. The van der Waals surface area contributed by atoms with E-state index in [0.717, 1.165) is 31.6 Å². The maximum Gasteiger partial charge on any atom is 0.200 e. The summed E-state index contributed by atoms with van der Waals surface area (Å²) in [5, 5.41) is 0. The van der Waals surface area contributed by atoms with Crippen LogP contribution in [-0.4, -0.2) is 6.61 Å². The minimum absolute atomic E-state index is 0.0183. The van der Waals surface area contributed by atoms with E-state index in [1.165, 1.54) is 38.5 Å². The van der Waals surface area contributed by atoms with E-state index < -0.39 is 11.6 Å². The molecule has 0 N–H and O–H groups in total. The van der Waals surface area contributed by atoms with Gasteiger partial charge in [0.15, 0.2) is 11.6 Å². The van der Waals surface area contributed by atoms with Gasteiger partial charge in [-0.05, 0) is 101 Å². The maximum absolute atomic E-state index is 14.5. The largest absolute Gasteiger partial charge is 0.491 e. The molecule has 2 aliphatic rings. The third-order valence-electron chi connectivity index (χ3n) is 6.81. The van der Waals surface area contributed by atoms with Crippen molar-refractivity contribution in [1.29, 1.82) is 0 Å². The van der Waals surface area contributed by atoms with Crippen LogP contribution in [0, 0.1) is 23.5 Å². The Hall–Kier alpha value is -1.64. The van der Waals surface area contributed by atoms with Gasteiger partial charge < -0.3 is 4.74 Å². The van der Waals surface area contributed by atoms with Crippen molar-refractivity contribution in [3.63, 3.8) is 0 Å². The van der Waals surface area contributed by atoms with E-state index in [0.29, 0.717) is 18.1 Å². The average Bonchev–Trinajstić information content (AvgIpc) is 2.76. The first kappa shape index (κ1) is 22.1. The first-order valence-corrected chi connectivity index (χ1v) is 11.6. The summed E-state index contributed by atoms with van der Waals surface area (Å²) in [5.74, 6) is 0.0112. The molecule has 3 heteroatoms. The fourth-order valence-corrected chi connectivity index (χ4v) is 4.90. The topological polar surface area (TPSA) is 9.23 Å². The zero-order valence-corrected chi connectivity index (χ0v) is 18.1. The molecule has 3 rings (SSSR count). The third kappa shape index (κ3) is 5.93. The summed E-state index contributed by atoms with van der Waals surface area (Å²) in [6, 6.07) is 3.29. The molecule has 1 aromatic rings. The first-order valence-electron chi connectivity index (χ1n) is 11.6. The molecule has 1 aromatic carbocycles. The minimum atomic E-state index is -0.838. The van der Waals surface area contributed by atoms with Gasteiger partial charge in [0.2, 0.25) is 5.82 Å². The normalized spacial score (nSPS) is 25.2. The number of benzene rings is 1. The van der Waals surface area contributed by atoms with Crippen molar-refractivity contribution in [2.75, 3.05) is 6.61 Å². The van der Waals surface area contributed by atoms with Gasteiger partial charge in [-0.1, -0.05) is 36.8 Å². The molecule has 1 saturated carbocycles. The number of hydrogen-bond acceptors (Lipinski definition) is 1. The van der Waals surface area contributed by atoms with Crippen LogP contribution in [0.25, 0.3) is 0 Å². The van der Waals surface area contributed by atoms with Gasteiger partial charge in [0.05, 0.1) is 6.61 Å². The fraction of sp³-hybridized carbons (Fsp3) is 0.615. The number of rotatable bonds is 8. The molecule has 0 radical (unpaired) electrons. The van der Waals surface area contributed by atoms with Crippen molar-refractivity contribution in [3.05, 3.63) is 53.1 Å². The highest BCUT2D eigenvalue weighted by atomic mass is 19.2. The van der Waals surface area contributed by atoms with Crippen molar-refractivity contribution in [3.8, 4) is 5.75 Å². The average molecular weight is 403 g/mol. The Labute approximate surface area is 175 Å². The quantitative estimate of drug-likeness (QED) is 0.399. The van der Waals surface area contributed by atoms with Crippen LogP contribution >= 0.6 is 0 Å². The highest BCUT2D eigenvalue weighted by Crippen LogP contribution is 2.39. The Morgan fingerprint density at radius 3 is 2.48 bits per heavy atom. The lowest BCUT2D eigenvalue weighted by atomic mass is 9.78. The van der Waals surface area contributed by atoms with E-state index in [9.17, 15) is 8.78 Å². The third-order valence-corrected chi connectivity index (χ3v) is 6.81. The Kier molecular flexibility index (Phi) is 8.32. The van der Waals surface area contributed by atoms with Crippen molar-refractivity contribution in [2.45, 2.75) is 84.0 Å². The van der Waals surface area contributed by atoms with Gasteiger partial charge in [-0.2, -0.15) is 4.39 Å². The molecule has 0 aromatic heterocycles. The van der Waals surface area contributed by atoms with Crippen LogP contribution in [0.3, 0.4) is 0 Å². The number of allylic oxidation sites excluding steroid dienone is 4. The monoisotopic (exact) mass is 402 g/mol. The lowest BCUT2D eigenvalue weighted by Crippen LogP contribution is -2.14. The Balaban J connectivity index is 1.43. The molecule has 1 nitrogen and oxygen atoms in total. The first-order chi connectivity index (χ1) is 14.1. The summed E-state index contributed by atoms with van der Waals surface area (Å²) in [6.07, 6.45) is 18.7. The smallest absolute Gasteiger partial charge is 0.200 e. The van der Waals surface area contributed by atoms with Gasteiger partial charge in [0.25, 0.3) is 0 Å². The molecule has 0 spiro atoms. The SMILES string of the molecule is CCOc1ccc(C2CCC(/C=C/CCC3CC=C(CC)CC3)CC2)c(F)c1F. The number of ether oxygens (including phenoxy) is 1. The molecule has 0 amide bonds. The summed E-state index contributed by atoms with van der Waals surface area (Å²) in [5.41, 5.74) is 2.16. The Morgan fingerprint density at radius 2 is 1.83 bits per heavy atom. The van der Waals surface area contributed by atoms with Gasteiger partial charge >= 0.3 is 0 Å². The molecule has 1 unspecified atom stereocenters. The summed E-state index contributed by atoms with van der Waals surface area (Å²) in [7, 11) is 0. The van der Waals surface area contributed by atoms with Crippen LogP contribution < -0.4 is 4.74 Å². The van der Waals surface area contributed by atoms with Gasteiger partial charge in [-0.25, -0.2) is 4.39 Å². The summed E-state index contributed by atoms with van der Waals surface area (Å²) in [6.45, 7) is 4.36. The molecular formula is C26H36F2O. The Bertz CT molecular complexity index is 714. The standard InChI is InChI=1S/C26H36F2O/c1-3-19-9-11-20(12-10-19)7-5-6-8-21-13-15-22(16-14-21)23-17-18-24(29-4-2)26(28)25(23)27/h6,8-9,17-18,20-22H,3-5,7,10-16H2,1-2H3/b8-6+. The van der Waals surface area contributed by atoms with Crippen LogP contribution in [0.5, 0.6) is 5.75 Å². The molecule has 0 aliphatic heterocycles. The highest BCUT2D eigenvalue weighted by molar-refractivity contribution is 5.33. The molecule has 1 atom stereocenters. The molecule has 160 valence electrons. The molecule has 2 aliphatic carbocycles. The lowest BCUT2D eigenvalue weighted by Gasteiger charge is -2.27. The van der Waals surface area contributed by atoms with Crippen LogP contribution in [0.2, 0.25) is 0 Å². The zero-order chi connectivity index (χ0) is 20.6. The van der Waals surface area contributed by atoms with Crippen LogP contribution in [0.1, 0.15) is 89.5 Å². The van der Waals surface area contributed by atoms with E-state index in [2.05, 4.69) is 25.2 Å². The summed E-state index contributed by atoms with van der Waals surface area (Å²) in [4.78, 5) is 0. The molecule has 0 saturated heterocycles. The minimum Gasteiger partial charge on any atom is -0.491 e. The van der Waals surface area contributed by atoms with E-state index in [4.69, 9.17) is 4.74 Å². The number of hydrogen-bond donors (Lipinski definition) is 0. The second-order valence-electron chi connectivity index (χ2n) is 8.69. The molecule has 0 bridgehead atoms. The molecular weight excluding hydrogens is 366 g/mol. The summed E-state index contributed by atoms with van der Waals surface area (Å²) < 4.78 is 33.8. The second-order valence-corrected chi connectivity index (χ2v) is 8.69. The Morgan fingerprint density at radius 1 is 1.03 bits per heavy atom. The highest BCUT2D eigenvalue weighted by Gasteiger charge is 2.25. The number of halogens is 2. The lowest BCUT2D eigenvalue weighted by molar-refractivity contribution is 0.310. The molecule has 0 heterocycles. The molecule has 29 heavy (non-hydrogen) atoms. The van der Waals surface area contributed by atoms with Gasteiger partial charge in [-0.15, -0.1) is 0 Å². The summed E-state index contributed by atoms with van der Waals surface area (Å²) >= 11 is 0. The van der Waals surface area contributed by atoms with Gasteiger partial charge in [0, 0.05) is 0 Å². The van der Waals surface area contributed by atoms with Crippen molar-refractivity contribution in [1.82, 2.24) is 0 Å². The van der Waals surface area contributed by atoms with Crippen molar-refractivity contribution < 1.29 is 13.5 Å². The van der Waals surface area contributed by atoms with Crippen molar-refractivity contribution in [2.24, 2.45) is 11.8 Å². The second kappa shape index (κ2) is 10.9. The van der Waals surface area contributed by atoms with E-state index in [1.807, 2.05) is 0 Å². The fourth-order valence-electron chi connectivity index (χ4n) is 4.90. The van der Waals surface area contributed by atoms with E-state index in [1.54, 1.807) is 24.6 Å². The zero-order valence-electron chi connectivity index (χ0n) is 18.1. The van der Waals surface area contributed by atoms with E-state index >= 15 is 0 Å². The van der Waals surface area contributed by atoms with Gasteiger partial charge in [-0.3, -0.25) is 0 Å². The predicted molar refractivity (Wildman–Crippen MR) is 116 cm³/mol.